The molecular formula is C13H19NO2. The van der Waals surface area contributed by atoms with Gasteiger partial charge in [-0.2, -0.15) is 0 Å². The minimum absolute atomic E-state index is 0.523. The molecule has 1 unspecified atom stereocenters. The zero-order valence-electron chi connectivity index (χ0n) is 10.3. The van der Waals surface area contributed by atoms with Gasteiger partial charge in [0.2, 0.25) is 0 Å². The van der Waals surface area contributed by atoms with E-state index in [1.807, 2.05) is 32.9 Å². The molecule has 0 heterocycles. The highest BCUT2D eigenvalue weighted by Gasteiger charge is 2.35. The first kappa shape index (κ1) is 12.6. The van der Waals surface area contributed by atoms with Crippen molar-refractivity contribution in [1.29, 1.82) is 0 Å². The molecule has 0 aromatic heterocycles. The number of aliphatic carboxylic acids is 1. The monoisotopic (exact) mass is 221 g/mol. The van der Waals surface area contributed by atoms with Gasteiger partial charge in [-0.1, -0.05) is 24.6 Å². The summed E-state index contributed by atoms with van der Waals surface area (Å²) in [6.45, 7) is 7.45. The third-order valence-corrected chi connectivity index (χ3v) is 3.30. The summed E-state index contributed by atoms with van der Waals surface area (Å²) in [4.78, 5) is 11.4. The topological polar surface area (TPSA) is 63.3 Å². The van der Waals surface area contributed by atoms with E-state index in [1.165, 1.54) is 0 Å². The number of nitrogen functional groups attached to an aromatic ring is 1. The Morgan fingerprint density at radius 2 is 2.00 bits per heavy atom. The van der Waals surface area contributed by atoms with Crippen LogP contribution < -0.4 is 5.73 Å². The Kier molecular flexibility index (Phi) is 3.27. The second kappa shape index (κ2) is 4.16. The lowest BCUT2D eigenvalue weighted by molar-refractivity contribution is -0.143. The third kappa shape index (κ3) is 1.90. The average molecular weight is 221 g/mol. The molecule has 0 fully saturated rings. The highest BCUT2D eigenvalue weighted by molar-refractivity contribution is 5.83. The maximum atomic E-state index is 11.4. The number of rotatable bonds is 3. The van der Waals surface area contributed by atoms with Crippen LogP contribution in [0.3, 0.4) is 0 Å². The van der Waals surface area contributed by atoms with Crippen LogP contribution in [0.1, 0.15) is 37.0 Å². The predicted molar refractivity (Wildman–Crippen MR) is 65.6 cm³/mol. The Morgan fingerprint density at radius 3 is 2.44 bits per heavy atom. The number of benzene rings is 1. The molecule has 0 saturated heterocycles. The van der Waals surface area contributed by atoms with Crippen LogP contribution in [0.25, 0.3) is 0 Å². The molecule has 0 aliphatic rings. The number of aryl methyl sites for hydroxylation is 2. The standard InChI is InChI=1S/C13H19NO2/c1-5-13(4,12(15)16)10-7-8(2)6-9(3)11(10)14/h6-7H,5,14H2,1-4H3,(H,15,16). The number of carboxylic acids is 1. The summed E-state index contributed by atoms with van der Waals surface area (Å²) in [6, 6.07) is 3.84. The van der Waals surface area contributed by atoms with Gasteiger partial charge >= 0.3 is 5.97 Å². The molecule has 0 aliphatic heterocycles. The molecule has 0 amide bonds. The van der Waals surface area contributed by atoms with Gasteiger partial charge in [-0.25, -0.2) is 0 Å². The molecule has 0 aliphatic carbocycles. The van der Waals surface area contributed by atoms with E-state index < -0.39 is 11.4 Å². The lowest BCUT2D eigenvalue weighted by atomic mass is 9.78. The lowest BCUT2D eigenvalue weighted by Crippen LogP contribution is -2.32. The number of anilines is 1. The fraction of sp³-hybridized carbons (Fsp3) is 0.462. The molecule has 1 aromatic carbocycles. The summed E-state index contributed by atoms with van der Waals surface area (Å²) in [7, 11) is 0. The van der Waals surface area contributed by atoms with E-state index in [0.717, 1.165) is 16.7 Å². The summed E-state index contributed by atoms with van der Waals surface area (Å²) in [5, 5.41) is 9.34. The molecule has 88 valence electrons. The number of hydrogen-bond acceptors (Lipinski definition) is 2. The van der Waals surface area contributed by atoms with Crippen molar-refractivity contribution in [2.75, 3.05) is 5.73 Å². The number of carboxylic acid groups (broad SMARTS) is 1. The molecular weight excluding hydrogens is 202 g/mol. The van der Waals surface area contributed by atoms with Crippen molar-refractivity contribution < 1.29 is 9.90 Å². The molecule has 0 bridgehead atoms. The first-order chi connectivity index (χ1) is 7.32. The van der Waals surface area contributed by atoms with E-state index in [1.54, 1.807) is 6.92 Å². The van der Waals surface area contributed by atoms with Crippen molar-refractivity contribution in [2.45, 2.75) is 39.5 Å². The van der Waals surface area contributed by atoms with Crippen LogP contribution in [-0.4, -0.2) is 11.1 Å². The minimum Gasteiger partial charge on any atom is -0.481 e. The van der Waals surface area contributed by atoms with Crippen LogP contribution >= 0.6 is 0 Å². The van der Waals surface area contributed by atoms with Crippen molar-refractivity contribution in [3.05, 3.63) is 28.8 Å². The molecule has 3 N–H and O–H groups in total. The second-order valence-electron chi connectivity index (χ2n) is 4.53. The maximum absolute atomic E-state index is 11.4. The fourth-order valence-electron chi connectivity index (χ4n) is 1.89. The summed E-state index contributed by atoms with van der Waals surface area (Å²) in [5.74, 6) is -0.827. The summed E-state index contributed by atoms with van der Waals surface area (Å²) >= 11 is 0. The number of carbonyl (C=O) groups is 1. The SMILES string of the molecule is CCC(C)(C(=O)O)c1cc(C)cc(C)c1N. The van der Waals surface area contributed by atoms with Gasteiger partial charge in [0.05, 0.1) is 5.41 Å². The van der Waals surface area contributed by atoms with Crippen molar-refractivity contribution in [3.63, 3.8) is 0 Å². The fourth-order valence-corrected chi connectivity index (χ4v) is 1.89. The van der Waals surface area contributed by atoms with Gasteiger partial charge < -0.3 is 10.8 Å². The normalized spacial score (nSPS) is 14.5. The van der Waals surface area contributed by atoms with Gasteiger partial charge in [-0.3, -0.25) is 4.79 Å². The zero-order valence-corrected chi connectivity index (χ0v) is 10.3. The second-order valence-corrected chi connectivity index (χ2v) is 4.53. The van der Waals surface area contributed by atoms with Crippen molar-refractivity contribution in [1.82, 2.24) is 0 Å². The molecule has 0 saturated carbocycles. The van der Waals surface area contributed by atoms with E-state index in [4.69, 9.17) is 5.73 Å². The number of hydrogen-bond donors (Lipinski definition) is 2. The van der Waals surface area contributed by atoms with Gasteiger partial charge in [0.15, 0.2) is 0 Å². The van der Waals surface area contributed by atoms with Gasteiger partial charge in [0.25, 0.3) is 0 Å². The Labute approximate surface area is 96.3 Å². The van der Waals surface area contributed by atoms with Crippen molar-refractivity contribution in [3.8, 4) is 0 Å². The van der Waals surface area contributed by atoms with Crippen molar-refractivity contribution >= 4 is 11.7 Å². The van der Waals surface area contributed by atoms with E-state index in [2.05, 4.69) is 0 Å². The van der Waals surface area contributed by atoms with Crippen LogP contribution in [0, 0.1) is 13.8 Å². The Hall–Kier alpha value is -1.51. The summed E-state index contributed by atoms with van der Waals surface area (Å²) < 4.78 is 0. The van der Waals surface area contributed by atoms with Gasteiger partial charge in [-0.05, 0) is 38.3 Å². The third-order valence-electron chi connectivity index (χ3n) is 3.30. The van der Waals surface area contributed by atoms with Crippen LogP contribution in [0.15, 0.2) is 12.1 Å². The molecule has 0 radical (unpaired) electrons. The van der Waals surface area contributed by atoms with Gasteiger partial charge in [0.1, 0.15) is 0 Å². The van der Waals surface area contributed by atoms with Crippen LogP contribution in [0.2, 0.25) is 0 Å². The van der Waals surface area contributed by atoms with E-state index in [-0.39, 0.29) is 0 Å². The van der Waals surface area contributed by atoms with Crippen LogP contribution in [-0.2, 0) is 10.2 Å². The lowest BCUT2D eigenvalue weighted by Gasteiger charge is -2.26. The summed E-state index contributed by atoms with van der Waals surface area (Å²) in [5.41, 5.74) is 8.39. The Balaban J connectivity index is 3.47. The van der Waals surface area contributed by atoms with E-state index >= 15 is 0 Å². The Bertz CT molecular complexity index is 426. The van der Waals surface area contributed by atoms with Crippen LogP contribution in [0.4, 0.5) is 5.69 Å². The molecule has 0 spiro atoms. The molecule has 1 aromatic rings. The van der Waals surface area contributed by atoms with E-state index in [0.29, 0.717) is 12.1 Å². The highest BCUT2D eigenvalue weighted by Crippen LogP contribution is 2.34. The minimum atomic E-state index is -0.902. The zero-order chi connectivity index (χ0) is 12.5. The predicted octanol–water partition coefficient (Wildman–Crippen LogP) is 2.64. The smallest absolute Gasteiger partial charge is 0.313 e. The van der Waals surface area contributed by atoms with Crippen LogP contribution in [0.5, 0.6) is 0 Å². The quantitative estimate of drug-likeness (QED) is 0.771. The first-order valence-corrected chi connectivity index (χ1v) is 5.43. The van der Waals surface area contributed by atoms with E-state index in [9.17, 15) is 9.90 Å². The molecule has 3 nitrogen and oxygen atoms in total. The molecule has 3 heteroatoms. The molecule has 1 rings (SSSR count). The Morgan fingerprint density at radius 1 is 1.44 bits per heavy atom. The summed E-state index contributed by atoms with van der Waals surface area (Å²) in [6.07, 6.45) is 0.523. The van der Waals surface area contributed by atoms with Crippen molar-refractivity contribution in [2.24, 2.45) is 0 Å². The maximum Gasteiger partial charge on any atom is 0.313 e. The van der Waals surface area contributed by atoms with Gasteiger partial charge in [-0.15, -0.1) is 0 Å². The molecule has 1 atom stereocenters. The molecule has 16 heavy (non-hydrogen) atoms. The average Bonchev–Trinajstić information content (AvgIpc) is 2.21. The largest absolute Gasteiger partial charge is 0.481 e. The highest BCUT2D eigenvalue weighted by atomic mass is 16.4. The number of nitrogens with two attached hydrogens (primary N) is 1. The van der Waals surface area contributed by atoms with Gasteiger partial charge in [0, 0.05) is 5.69 Å². The first-order valence-electron chi connectivity index (χ1n) is 5.43.